The molecule has 102 valence electrons. The van der Waals surface area contributed by atoms with E-state index in [-0.39, 0.29) is 6.09 Å². The Balaban J connectivity index is 3.57. The number of methoxy groups -OCH3 is 1. The van der Waals surface area contributed by atoms with E-state index in [2.05, 4.69) is 19.2 Å². The summed E-state index contributed by atoms with van der Waals surface area (Å²) in [4.78, 5) is 11.3. The van der Waals surface area contributed by atoms with Gasteiger partial charge in [0.2, 0.25) is 0 Å². The first-order chi connectivity index (χ1) is 8.24. The number of hydrogen-bond donors (Lipinski definition) is 1. The van der Waals surface area contributed by atoms with Crippen LogP contribution in [0.4, 0.5) is 4.79 Å². The zero-order chi connectivity index (χ0) is 12.9. The molecule has 0 heterocycles. The van der Waals surface area contributed by atoms with Crippen LogP contribution in [0, 0.1) is 5.92 Å². The highest BCUT2D eigenvalue weighted by molar-refractivity contribution is 5.66. The van der Waals surface area contributed by atoms with E-state index in [4.69, 9.17) is 9.47 Å². The molecule has 4 nitrogen and oxygen atoms in total. The van der Waals surface area contributed by atoms with Crippen LogP contribution in [0.15, 0.2) is 0 Å². The molecule has 0 saturated carbocycles. The Morgan fingerprint density at radius 3 is 2.41 bits per heavy atom. The van der Waals surface area contributed by atoms with Gasteiger partial charge in [-0.25, -0.2) is 4.79 Å². The molecule has 0 aliphatic rings. The average Bonchev–Trinajstić information content (AvgIpc) is 2.32. The molecule has 17 heavy (non-hydrogen) atoms. The lowest BCUT2D eigenvalue weighted by Crippen LogP contribution is -2.28. The maximum absolute atomic E-state index is 11.3. The van der Waals surface area contributed by atoms with Crippen molar-refractivity contribution in [3.8, 4) is 0 Å². The maximum Gasteiger partial charge on any atom is 0.407 e. The van der Waals surface area contributed by atoms with Crippen LogP contribution in [0.5, 0.6) is 0 Å². The van der Waals surface area contributed by atoms with E-state index in [1.54, 1.807) is 7.11 Å². The molecule has 0 spiro atoms. The van der Waals surface area contributed by atoms with Crippen molar-refractivity contribution in [2.24, 2.45) is 5.92 Å². The lowest BCUT2D eigenvalue weighted by molar-refractivity contribution is 0.120. The molecule has 0 atom stereocenters. The molecule has 0 rings (SSSR count). The first-order valence-electron chi connectivity index (χ1n) is 6.64. The molecular weight excluding hydrogens is 218 g/mol. The molecule has 0 aliphatic heterocycles. The van der Waals surface area contributed by atoms with Crippen LogP contribution in [0.25, 0.3) is 0 Å². The Hall–Kier alpha value is -0.770. The summed E-state index contributed by atoms with van der Waals surface area (Å²) in [5.74, 6) is 0.509. The van der Waals surface area contributed by atoms with Crippen LogP contribution >= 0.6 is 0 Å². The van der Waals surface area contributed by atoms with Gasteiger partial charge in [0.1, 0.15) is 0 Å². The van der Waals surface area contributed by atoms with E-state index in [1.807, 2.05) is 0 Å². The van der Waals surface area contributed by atoms with Gasteiger partial charge in [0, 0.05) is 20.3 Å². The van der Waals surface area contributed by atoms with Crippen LogP contribution in [0.2, 0.25) is 0 Å². The average molecular weight is 245 g/mol. The zero-order valence-corrected chi connectivity index (χ0v) is 11.5. The minimum Gasteiger partial charge on any atom is -0.449 e. The van der Waals surface area contributed by atoms with Gasteiger partial charge in [0.25, 0.3) is 0 Å². The number of ether oxygens (including phenoxy) is 2. The molecule has 0 bridgehead atoms. The Kier molecular flexibility index (Phi) is 11.2. The highest BCUT2D eigenvalue weighted by Crippen LogP contribution is 2.13. The standard InChI is InChI=1S/C13H27NO3/c1-4-7-12(8-5-2)11-17-13(15)14-9-6-10-16-3/h12H,4-11H2,1-3H3,(H,14,15). The maximum atomic E-state index is 11.3. The van der Waals surface area contributed by atoms with E-state index in [0.29, 0.717) is 25.7 Å². The van der Waals surface area contributed by atoms with Crippen molar-refractivity contribution in [1.82, 2.24) is 5.32 Å². The van der Waals surface area contributed by atoms with Crippen molar-refractivity contribution in [2.75, 3.05) is 26.9 Å². The highest BCUT2D eigenvalue weighted by atomic mass is 16.5. The van der Waals surface area contributed by atoms with Crippen molar-refractivity contribution < 1.29 is 14.3 Å². The predicted molar refractivity (Wildman–Crippen MR) is 69.1 cm³/mol. The van der Waals surface area contributed by atoms with E-state index < -0.39 is 0 Å². The molecule has 0 aliphatic carbocycles. The molecule has 0 aromatic rings. The fourth-order valence-electron chi connectivity index (χ4n) is 1.78. The topological polar surface area (TPSA) is 47.6 Å². The molecule has 0 fully saturated rings. The van der Waals surface area contributed by atoms with Gasteiger partial charge in [0.05, 0.1) is 6.61 Å². The zero-order valence-electron chi connectivity index (χ0n) is 11.5. The third-order valence-corrected chi connectivity index (χ3v) is 2.64. The fraction of sp³-hybridized carbons (Fsp3) is 0.923. The quantitative estimate of drug-likeness (QED) is 0.602. The molecule has 0 aromatic carbocycles. The van der Waals surface area contributed by atoms with E-state index in [0.717, 1.165) is 32.1 Å². The summed E-state index contributed by atoms with van der Waals surface area (Å²) < 4.78 is 10.1. The first kappa shape index (κ1) is 16.2. The lowest BCUT2D eigenvalue weighted by Gasteiger charge is -2.15. The Labute approximate surface area is 105 Å². The molecule has 1 N–H and O–H groups in total. The van der Waals surface area contributed by atoms with E-state index in [1.165, 1.54) is 0 Å². The minimum absolute atomic E-state index is 0.307. The second kappa shape index (κ2) is 11.7. The molecular formula is C13H27NO3. The second-order valence-electron chi connectivity index (χ2n) is 4.31. The van der Waals surface area contributed by atoms with Crippen molar-refractivity contribution in [1.29, 1.82) is 0 Å². The van der Waals surface area contributed by atoms with Crippen LogP contribution < -0.4 is 5.32 Å². The van der Waals surface area contributed by atoms with Gasteiger partial charge in [-0.15, -0.1) is 0 Å². The van der Waals surface area contributed by atoms with Gasteiger partial charge in [-0.05, 0) is 25.2 Å². The van der Waals surface area contributed by atoms with Gasteiger partial charge in [0.15, 0.2) is 0 Å². The summed E-state index contributed by atoms with van der Waals surface area (Å²) in [5, 5.41) is 2.72. The Bertz CT molecular complexity index is 180. The van der Waals surface area contributed by atoms with Crippen molar-refractivity contribution in [3.05, 3.63) is 0 Å². The SMILES string of the molecule is CCCC(CCC)COC(=O)NCCCOC. The summed E-state index contributed by atoms with van der Waals surface area (Å²) >= 11 is 0. The molecule has 0 radical (unpaired) electrons. The van der Waals surface area contributed by atoms with Gasteiger partial charge in [-0.1, -0.05) is 26.7 Å². The van der Waals surface area contributed by atoms with E-state index >= 15 is 0 Å². The number of carbonyl (C=O) groups is 1. The highest BCUT2D eigenvalue weighted by Gasteiger charge is 2.09. The fourth-order valence-corrected chi connectivity index (χ4v) is 1.78. The van der Waals surface area contributed by atoms with Crippen molar-refractivity contribution in [3.63, 3.8) is 0 Å². The third-order valence-electron chi connectivity index (χ3n) is 2.64. The summed E-state index contributed by atoms with van der Waals surface area (Å²) in [6.45, 7) is 6.13. The number of amides is 1. The monoisotopic (exact) mass is 245 g/mol. The normalized spacial score (nSPS) is 10.6. The molecule has 0 saturated heterocycles. The summed E-state index contributed by atoms with van der Waals surface area (Å²) in [6, 6.07) is 0. The number of nitrogens with one attached hydrogen (secondary N) is 1. The van der Waals surface area contributed by atoms with Crippen LogP contribution in [0.1, 0.15) is 46.0 Å². The van der Waals surface area contributed by atoms with Gasteiger partial charge >= 0.3 is 6.09 Å². The summed E-state index contributed by atoms with van der Waals surface area (Å²) in [7, 11) is 1.65. The van der Waals surface area contributed by atoms with Crippen molar-refractivity contribution in [2.45, 2.75) is 46.0 Å². The number of alkyl carbamates (subject to hydrolysis) is 1. The molecule has 1 amide bonds. The first-order valence-corrected chi connectivity index (χ1v) is 6.64. The van der Waals surface area contributed by atoms with Gasteiger partial charge in [-0.3, -0.25) is 0 Å². The van der Waals surface area contributed by atoms with Crippen molar-refractivity contribution >= 4 is 6.09 Å². The third kappa shape index (κ3) is 10.1. The van der Waals surface area contributed by atoms with Crippen LogP contribution in [0.3, 0.4) is 0 Å². The molecule has 0 aromatic heterocycles. The second-order valence-corrected chi connectivity index (χ2v) is 4.31. The Morgan fingerprint density at radius 2 is 1.88 bits per heavy atom. The molecule has 4 heteroatoms. The van der Waals surface area contributed by atoms with Gasteiger partial charge in [-0.2, -0.15) is 0 Å². The smallest absolute Gasteiger partial charge is 0.407 e. The minimum atomic E-state index is -0.307. The van der Waals surface area contributed by atoms with Crippen LogP contribution in [-0.2, 0) is 9.47 Å². The largest absolute Gasteiger partial charge is 0.449 e. The predicted octanol–water partition coefficient (Wildman–Crippen LogP) is 2.97. The molecule has 0 unspecified atom stereocenters. The lowest BCUT2D eigenvalue weighted by atomic mass is 10.00. The van der Waals surface area contributed by atoms with E-state index in [9.17, 15) is 4.79 Å². The van der Waals surface area contributed by atoms with Gasteiger partial charge < -0.3 is 14.8 Å². The number of hydrogen-bond acceptors (Lipinski definition) is 3. The number of carbonyl (C=O) groups excluding carboxylic acids is 1. The summed E-state index contributed by atoms with van der Waals surface area (Å²) in [6.07, 6.45) is 5.06. The van der Waals surface area contributed by atoms with Crippen LogP contribution in [-0.4, -0.2) is 33.0 Å². The summed E-state index contributed by atoms with van der Waals surface area (Å²) in [5.41, 5.74) is 0. The Morgan fingerprint density at radius 1 is 1.24 bits per heavy atom. The number of rotatable bonds is 10.